The molecule has 2 N–H and O–H groups in total. The summed E-state index contributed by atoms with van der Waals surface area (Å²) in [6, 6.07) is 15.4. The van der Waals surface area contributed by atoms with Gasteiger partial charge in [0.2, 0.25) is 10.0 Å². The fourth-order valence-electron chi connectivity index (χ4n) is 2.76. The third kappa shape index (κ3) is 5.35. The molecule has 3 rings (SSSR count). The van der Waals surface area contributed by atoms with Crippen LogP contribution in [0.25, 0.3) is 0 Å². The number of carbonyl (C=O) groups excluding carboxylic acids is 2. The van der Waals surface area contributed by atoms with Crippen LogP contribution in [-0.2, 0) is 16.4 Å². The maximum absolute atomic E-state index is 12.5. The van der Waals surface area contributed by atoms with Gasteiger partial charge in [-0.25, -0.2) is 17.7 Å². The van der Waals surface area contributed by atoms with E-state index in [2.05, 4.69) is 15.8 Å². The Balaban J connectivity index is 1.67. The Labute approximate surface area is 185 Å². The number of benzene rings is 2. The van der Waals surface area contributed by atoms with Crippen LogP contribution in [0, 0.1) is 6.92 Å². The van der Waals surface area contributed by atoms with E-state index in [9.17, 15) is 18.0 Å². The van der Waals surface area contributed by atoms with Crippen molar-refractivity contribution >= 4 is 33.2 Å². The van der Waals surface area contributed by atoms with Crippen LogP contribution in [0.2, 0.25) is 0 Å². The minimum atomic E-state index is -3.68. The molecule has 0 unspecified atom stereocenters. The van der Waals surface area contributed by atoms with Gasteiger partial charge >= 0.3 is 0 Å². The molecule has 10 heteroatoms. The maximum Gasteiger partial charge on any atom is 0.281 e. The normalized spacial score (nSPS) is 11.4. The number of hydrogen-bond donors (Lipinski definition) is 2. The van der Waals surface area contributed by atoms with Crippen LogP contribution in [0.15, 0.2) is 59.5 Å². The predicted octanol–water partition coefficient (Wildman–Crippen LogP) is 2.37. The topological polar surface area (TPSA) is 108 Å². The molecule has 1 aromatic heterocycles. The first kappa shape index (κ1) is 22.6. The minimum Gasteiger partial charge on any atom is -0.267 e. The number of aromatic nitrogens is 1. The zero-order chi connectivity index (χ0) is 22.6. The van der Waals surface area contributed by atoms with Crippen LogP contribution in [0.5, 0.6) is 0 Å². The van der Waals surface area contributed by atoms with E-state index in [0.29, 0.717) is 17.0 Å². The summed E-state index contributed by atoms with van der Waals surface area (Å²) in [5.74, 6) is -1.12. The second-order valence-corrected chi connectivity index (χ2v) is 10.1. The van der Waals surface area contributed by atoms with E-state index in [1.807, 2.05) is 30.3 Å². The van der Waals surface area contributed by atoms with Gasteiger partial charge in [-0.3, -0.25) is 20.4 Å². The molecule has 1 heterocycles. The molecule has 0 bridgehead atoms. The van der Waals surface area contributed by atoms with Crippen molar-refractivity contribution in [2.45, 2.75) is 18.2 Å². The van der Waals surface area contributed by atoms with Crippen LogP contribution >= 0.6 is 11.3 Å². The molecule has 0 aliphatic rings. The van der Waals surface area contributed by atoms with Gasteiger partial charge in [-0.15, -0.1) is 11.3 Å². The Bertz CT molecular complexity index is 1210. The van der Waals surface area contributed by atoms with Crippen LogP contribution in [0.4, 0.5) is 0 Å². The van der Waals surface area contributed by atoms with Crippen molar-refractivity contribution in [2.75, 3.05) is 14.1 Å². The van der Waals surface area contributed by atoms with Crippen molar-refractivity contribution in [2.24, 2.45) is 0 Å². The van der Waals surface area contributed by atoms with E-state index in [0.717, 1.165) is 14.9 Å². The van der Waals surface area contributed by atoms with E-state index in [4.69, 9.17) is 0 Å². The lowest BCUT2D eigenvalue weighted by atomic mass is 10.2. The van der Waals surface area contributed by atoms with Crippen LogP contribution in [-0.4, -0.2) is 43.6 Å². The molecular formula is C21H22N4O4S2. The third-order valence-electron chi connectivity index (χ3n) is 4.41. The van der Waals surface area contributed by atoms with E-state index in [1.54, 1.807) is 6.92 Å². The Morgan fingerprint density at radius 1 is 1.00 bits per heavy atom. The van der Waals surface area contributed by atoms with Gasteiger partial charge < -0.3 is 0 Å². The smallest absolute Gasteiger partial charge is 0.267 e. The SMILES string of the molecule is Cc1nc(Cc2ccccc2)sc1C(=O)NNC(=O)c1cccc(S(=O)(=O)N(C)C)c1. The summed E-state index contributed by atoms with van der Waals surface area (Å²) in [4.78, 5) is 29.8. The van der Waals surface area contributed by atoms with Crippen molar-refractivity contribution < 1.29 is 18.0 Å². The first-order valence-corrected chi connectivity index (χ1v) is 11.6. The number of nitrogens with one attached hydrogen (secondary N) is 2. The first-order valence-electron chi connectivity index (χ1n) is 9.32. The van der Waals surface area contributed by atoms with Crippen molar-refractivity contribution in [1.82, 2.24) is 20.1 Å². The van der Waals surface area contributed by atoms with Gasteiger partial charge in [0.1, 0.15) is 4.88 Å². The lowest BCUT2D eigenvalue weighted by Gasteiger charge is -2.12. The number of sulfonamides is 1. The highest BCUT2D eigenvalue weighted by Gasteiger charge is 2.20. The van der Waals surface area contributed by atoms with E-state index in [1.165, 1.54) is 49.7 Å². The summed E-state index contributed by atoms with van der Waals surface area (Å²) < 4.78 is 25.6. The quantitative estimate of drug-likeness (QED) is 0.552. The lowest BCUT2D eigenvalue weighted by Crippen LogP contribution is -2.41. The highest BCUT2D eigenvalue weighted by molar-refractivity contribution is 7.89. The van der Waals surface area contributed by atoms with Crippen LogP contribution in [0.3, 0.4) is 0 Å². The van der Waals surface area contributed by atoms with Crippen LogP contribution in [0.1, 0.15) is 36.3 Å². The van der Waals surface area contributed by atoms with Gasteiger partial charge in [0.05, 0.1) is 15.6 Å². The number of thiazole rings is 1. The number of carbonyl (C=O) groups is 2. The molecule has 162 valence electrons. The fourth-order valence-corrected chi connectivity index (χ4v) is 4.70. The first-order chi connectivity index (χ1) is 14.7. The van der Waals surface area contributed by atoms with Gasteiger partial charge in [0.25, 0.3) is 11.8 Å². The van der Waals surface area contributed by atoms with E-state index < -0.39 is 21.8 Å². The van der Waals surface area contributed by atoms with Gasteiger partial charge in [-0.2, -0.15) is 0 Å². The van der Waals surface area contributed by atoms with Crippen molar-refractivity contribution in [3.63, 3.8) is 0 Å². The molecule has 31 heavy (non-hydrogen) atoms. The second kappa shape index (κ2) is 9.38. The molecular weight excluding hydrogens is 436 g/mol. The monoisotopic (exact) mass is 458 g/mol. The van der Waals surface area contributed by atoms with Crippen LogP contribution < -0.4 is 10.9 Å². The zero-order valence-electron chi connectivity index (χ0n) is 17.2. The zero-order valence-corrected chi connectivity index (χ0v) is 18.9. The lowest BCUT2D eigenvalue weighted by molar-refractivity contribution is 0.0848. The molecule has 3 aromatic rings. The molecule has 0 fully saturated rings. The Hall–Kier alpha value is -3.08. The summed E-state index contributed by atoms with van der Waals surface area (Å²) in [6.45, 7) is 1.73. The third-order valence-corrected chi connectivity index (χ3v) is 7.38. The minimum absolute atomic E-state index is 0.0136. The molecule has 0 saturated carbocycles. The summed E-state index contributed by atoms with van der Waals surface area (Å²) in [6.07, 6.45) is 0.610. The average molecular weight is 459 g/mol. The number of rotatable bonds is 6. The number of nitrogens with zero attached hydrogens (tertiary/aromatic N) is 2. The number of hydrazine groups is 1. The number of aryl methyl sites for hydroxylation is 1. The molecule has 8 nitrogen and oxygen atoms in total. The van der Waals surface area contributed by atoms with Crippen molar-refractivity contribution in [3.8, 4) is 0 Å². The highest BCUT2D eigenvalue weighted by Crippen LogP contribution is 2.21. The van der Waals surface area contributed by atoms with E-state index >= 15 is 0 Å². The Morgan fingerprint density at radius 2 is 1.68 bits per heavy atom. The summed E-state index contributed by atoms with van der Waals surface area (Å²) in [7, 11) is -0.860. The predicted molar refractivity (Wildman–Crippen MR) is 118 cm³/mol. The molecule has 0 aliphatic heterocycles. The standard InChI is InChI=1S/C21H22N4O4S2/c1-14-19(30-18(22-14)12-15-8-5-4-6-9-15)21(27)24-23-20(26)16-10-7-11-17(13-16)31(28,29)25(2)3/h4-11,13H,12H2,1-3H3,(H,23,26)(H,24,27). The summed E-state index contributed by atoms with van der Waals surface area (Å²) in [5, 5.41) is 0.793. The van der Waals surface area contributed by atoms with Gasteiger partial charge in [-0.05, 0) is 30.7 Å². The van der Waals surface area contributed by atoms with Gasteiger partial charge in [0, 0.05) is 26.1 Å². The van der Waals surface area contributed by atoms with Crippen molar-refractivity contribution in [1.29, 1.82) is 0 Å². The molecule has 0 saturated heterocycles. The van der Waals surface area contributed by atoms with E-state index in [-0.39, 0.29) is 10.5 Å². The van der Waals surface area contributed by atoms with Gasteiger partial charge in [-0.1, -0.05) is 36.4 Å². The number of hydrogen-bond acceptors (Lipinski definition) is 6. The fraction of sp³-hybridized carbons (Fsp3) is 0.190. The van der Waals surface area contributed by atoms with Gasteiger partial charge in [0.15, 0.2) is 0 Å². The average Bonchev–Trinajstić information content (AvgIpc) is 3.12. The molecule has 2 amide bonds. The molecule has 0 atom stereocenters. The Morgan fingerprint density at radius 3 is 2.35 bits per heavy atom. The maximum atomic E-state index is 12.5. The molecule has 2 aromatic carbocycles. The molecule has 0 spiro atoms. The molecule has 0 aliphatic carbocycles. The summed E-state index contributed by atoms with van der Waals surface area (Å²) in [5.41, 5.74) is 6.46. The number of amides is 2. The molecule has 0 radical (unpaired) electrons. The van der Waals surface area contributed by atoms with Crippen molar-refractivity contribution in [3.05, 3.63) is 81.3 Å². The summed E-state index contributed by atoms with van der Waals surface area (Å²) >= 11 is 1.26. The highest BCUT2D eigenvalue weighted by atomic mass is 32.2. The second-order valence-electron chi connectivity index (χ2n) is 6.91. The largest absolute Gasteiger partial charge is 0.281 e. The Kier molecular flexibility index (Phi) is 6.84.